The molecule has 1 unspecified atom stereocenters. The van der Waals surface area contributed by atoms with Gasteiger partial charge in [0.15, 0.2) is 0 Å². The highest BCUT2D eigenvalue weighted by Gasteiger charge is 2.39. The number of piperazine rings is 1. The van der Waals surface area contributed by atoms with Gasteiger partial charge in [0.25, 0.3) is 0 Å². The fourth-order valence-electron chi connectivity index (χ4n) is 4.65. The second-order valence-electron chi connectivity index (χ2n) is 8.85. The number of nitrogens with zero attached hydrogens (tertiary/aromatic N) is 3. The molecule has 0 radical (unpaired) electrons. The molecule has 2 aliphatic rings. The lowest BCUT2D eigenvalue weighted by Crippen LogP contribution is -2.48. The van der Waals surface area contributed by atoms with Gasteiger partial charge < -0.3 is 9.80 Å². The summed E-state index contributed by atoms with van der Waals surface area (Å²) in [5, 5.41) is -0.604. The normalized spacial score (nSPS) is 23.8. The Bertz CT molecular complexity index is 1070. The van der Waals surface area contributed by atoms with E-state index in [0.717, 1.165) is 11.3 Å². The second-order valence-corrected chi connectivity index (χ2v) is 11.0. The van der Waals surface area contributed by atoms with E-state index in [9.17, 15) is 13.2 Å². The lowest BCUT2D eigenvalue weighted by molar-refractivity contribution is -0.129. The summed E-state index contributed by atoms with van der Waals surface area (Å²) in [6, 6.07) is 14.3. The van der Waals surface area contributed by atoms with Crippen LogP contribution < -0.4 is 4.90 Å². The van der Waals surface area contributed by atoms with Crippen LogP contribution in [0.5, 0.6) is 0 Å². The standard InChI is InChI=1S/C24H30FN3O3S/c1-18-14-24(20-6-4-3-5-7-20)32(30,31)28(16-18)17-21-8-9-22(15-23(21)25)27-12-10-26(11-13-27)19(2)29/h3-9,15,18,24H,10-14,16-17H2,1-2H3/t18-,24?/m0/s1. The van der Waals surface area contributed by atoms with E-state index < -0.39 is 21.1 Å². The third-order valence-electron chi connectivity index (χ3n) is 6.50. The number of hydrogen-bond acceptors (Lipinski definition) is 4. The Kier molecular flexibility index (Phi) is 6.53. The third-order valence-corrected chi connectivity index (χ3v) is 8.68. The van der Waals surface area contributed by atoms with Gasteiger partial charge >= 0.3 is 0 Å². The molecule has 8 heteroatoms. The zero-order valence-electron chi connectivity index (χ0n) is 18.6. The zero-order valence-corrected chi connectivity index (χ0v) is 19.4. The number of carbonyl (C=O) groups excluding carboxylic acids is 1. The maximum Gasteiger partial charge on any atom is 0.221 e. The van der Waals surface area contributed by atoms with Gasteiger partial charge in [0.05, 0.1) is 0 Å². The van der Waals surface area contributed by atoms with Crippen LogP contribution in [0.4, 0.5) is 10.1 Å². The molecule has 2 aliphatic heterocycles. The molecule has 0 bridgehead atoms. The third kappa shape index (κ3) is 4.66. The minimum Gasteiger partial charge on any atom is -0.368 e. The lowest BCUT2D eigenvalue weighted by atomic mass is 10.00. The Morgan fingerprint density at radius 1 is 1.06 bits per heavy atom. The van der Waals surface area contributed by atoms with Crippen molar-refractivity contribution >= 4 is 21.6 Å². The zero-order chi connectivity index (χ0) is 22.9. The Labute approximate surface area is 189 Å². The number of anilines is 1. The fourth-order valence-corrected chi connectivity index (χ4v) is 6.87. The molecule has 0 N–H and O–H groups in total. The SMILES string of the molecule is CC(=O)N1CCN(c2ccc(CN3C[C@@H](C)CC(c4ccccc4)S3(=O)=O)c(F)c2)CC1. The van der Waals surface area contributed by atoms with Gasteiger partial charge in [0, 0.05) is 57.4 Å². The average molecular weight is 460 g/mol. The molecule has 4 rings (SSSR count). The minimum atomic E-state index is -3.59. The van der Waals surface area contributed by atoms with Gasteiger partial charge in [0.2, 0.25) is 15.9 Å². The first-order valence-electron chi connectivity index (χ1n) is 11.1. The number of hydrogen-bond donors (Lipinski definition) is 0. The second kappa shape index (κ2) is 9.19. The maximum absolute atomic E-state index is 15.0. The van der Waals surface area contributed by atoms with Gasteiger partial charge in [-0.15, -0.1) is 0 Å². The molecule has 0 aromatic heterocycles. The highest BCUT2D eigenvalue weighted by molar-refractivity contribution is 7.89. The Hall–Kier alpha value is -2.45. The number of rotatable bonds is 4. The number of amides is 1. The van der Waals surface area contributed by atoms with Gasteiger partial charge in [-0.1, -0.05) is 43.3 Å². The van der Waals surface area contributed by atoms with Crippen molar-refractivity contribution in [1.29, 1.82) is 0 Å². The van der Waals surface area contributed by atoms with Crippen LogP contribution >= 0.6 is 0 Å². The Morgan fingerprint density at radius 3 is 2.38 bits per heavy atom. The number of carbonyl (C=O) groups is 1. The molecular formula is C24H30FN3O3S. The molecule has 172 valence electrons. The molecule has 6 nitrogen and oxygen atoms in total. The summed E-state index contributed by atoms with van der Waals surface area (Å²) in [5.74, 6) is -0.165. The predicted octanol–water partition coefficient (Wildman–Crippen LogP) is 3.41. The monoisotopic (exact) mass is 459 g/mol. The first kappa shape index (κ1) is 22.7. The number of halogens is 1. The van der Waals surface area contributed by atoms with E-state index in [4.69, 9.17) is 0 Å². The van der Waals surface area contributed by atoms with Crippen LogP contribution in [0.2, 0.25) is 0 Å². The molecule has 0 saturated carbocycles. The van der Waals surface area contributed by atoms with Crippen LogP contribution in [0.15, 0.2) is 48.5 Å². The number of sulfonamides is 1. The first-order valence-corrected chi connectivity index (χ1v) is 12.6. The van der Waals surface area contributed by atoms with Gasteiger partial charge in [-0.05, 0) is 30.0 Å². The van der Waals surface area contributed by atoms with Crippen molar-refractivity contribution in [3.63, 3.8) is 0 Å². The van der Waals surface area contributed by atoms with Crippen LogP contribution in [0.1, 0.15) is 36.6 Å². The first-order chi connectivity index (χ1) is 15.3. The van der Waals surface area contributed by atoms with Crippen LogP contribution in [0.3, 0.4) is 0 Å². The Morgan fingerprint density at radius 2 is 1.75 bits per heavy atom. The minimum absolute atomic E-state index is 0.0280. The molecular weight excluding hydrogens is 429 g/mol. The molecule has 32 heavy (non-hydrogen) atoms. The fraction of sp³-hybridized carbons (Fsp3) is 0.458. The molecule has 0 spiro atoms. The van der Waals surface area contributed by atoms with E-state index >= 15 is 4.39 Å². The van der Waals surface area contributed by atoms with E-state index in [0.29, 0.717) is 44.7 Å². The molecule has 2 heterocycles. The van der Waals surface area contributed by atoms with Crippen LogP contribution in [0, 0.1) is 11.7 Å². The molecule has 2 aromatic carbocycles. The largest absolute Gasteiger partial charge is 0.368 e. The van der Waals surface area contributed by atoms with Crippen molar-refractivity contribution in [2.45, 2.75) is 32.1 Å². The Balaban J connectivity index is 1.50. The summed E-state index contributed by atoms with van der Waals surface area (Å²) in [7, 11) is -3.59. The summed E-state index contributed by atoms with van der Waals surface area (Å²) in [5.41, 5.74) is 1.91. The van der Waals surface area contributed by atoms with Crippen LogP contribution in [-0.2, 0) is 21.4 Å². The van der Waals surface area contributed by atoms with E-state index in [1.165, 1.54) is 10.4 Å². The van der Waals surface area contributed by atoms with Crippen molar-refractivity contribution in [3.05, 3.63) is 65.5 Å². The van der Waals surface area contributed by atoms with Crippen molar-refractivity contribution in [2.75, 3.05) is 37.6 Å². The van der Waals surface area contributed by atoms with E-state index in [1.54, 1.807) is 17.9 Å². The van der Waals surface area contributed by atoms with Gasteiger partial charge in [-0.3, -0.25) is 4.79 Å². The summed E-state index contributed by atoms with van der Waals surface area (Å²) in [6.07, 6.45) is 0.566. The van der Waals surface area contributed by atoms with Crippen LogP contribution in [-0.4, -0.2) is 56.3 Å². The predicted molar refractivity (Wildman–Crippen MR) is 123 cm³/mol. The van der Waals surface area contributed by atoms with Crippen molar-refractivity contribution in [3.8, 4) is 0 Å². The van der Waals surface area contributed by atoms with Gasteiger partial charge in [-0.2, -0.15) is 4.31 Å². The summed E-state index contributed by atoms with van der Waals surface area (Å²) < 4.78 is 43.1. The van der Waals surface area contributed by atoms with E-state index in [2.05, 4.69) is 4.90 Å². The van der Waals surface area contributed by atoms with Crippen molar-refractivity contribution < 1.29 is 17.6 Å². The molecule has 0 aliphatic carbocycles. The summed E-state index contributed by atoms with van der Waals surface area (Å²) in [6.45, 7) is 6.54. The number of benzene rings is 2. The topological polar surface area (TPSA) is 60.9 Å². The molecule has 2 aromatic rings. The molecule has 2 atom stereocenters. The molecule has 2 saturated heterocycles. The highest BCUT2D eigenvalue weighted by Crippen LogP contribution is 2.38. The molecule has 2 fully saturated rings. The smallest absolute Gasteiger partial charge is 0.221 e. The van der Waals surface area contributed by atoms with E-state index in [1.807, 2.05) is 43.3 Å². The lowest BCUT2D eigenvalue weighted by Gasteiger charge is -2.37. The summed E-state index contributed by atoms with van der Waals surface area (Å²) >= 11 is 0. The quantitative estimate of drug-likeness (QED) is 0.703. The highest BCUT2D eigenvalue weighted by atomic mass is 32.2. The van der Waals surface area contributed by atoms with Gasteiger partial charge in [0.1, 0.15) is 11.1 Å². The van der Waals surface area contributed by atoms with Crippen LogP contribution in [0.25, 0.3) is 0 Å². The van der Waals surface area contributed by atoms with Crippen molar-refractivity contribution in [1.82, 2.24) is 9.21 Å². The average Bonchev–Trinajstić information content (AvgIpc) is 2.78. The van der Waals surface area contributed by atoms with E-state index in [-0.39, 0.29) is 18.4 Å². The van der Waals surface area contributed by atoms with Crippen molar-refractivity contribution in [2.24, 2.45) is 5.92 Å². The maximum atomic E-state index is 15.0. The van der Waals surface area contributed by atoms with Gasteiger partial charge in [-0.25, -0.2) is 12.8 Å². The summed E-state index contributed by atoms with van der Waals surface area (Å²) in [4.78, 5) is 15.4. The molecule has 1 amide bonds.